The molecule has 1 fully saturated rings. The van der Waals surface area contributed by atoms with Gasteiger partial charge < -0.3 is 0 Å². The lowest BCUT2D eigenvalue weighted by molar-refractivity contribution is 0.256. The van der Waals surface area contributed by atoms with Gasteiger partial charge in [0, 0.05) is 0 Å². The zero-order valence-corrected chi connectivity index (χ0v) is 17.9. The molecule has 0 saturated heterocycles. The second-order valence-corrected chi connectivity index (χ2v) is 9.52. The van der Waals surface area contributed by atoms with E-state index in [-0.39, 0.29) is 0 Å². The molecule has 0 spiro atoms. The predicted octanol–water partition coefficient (Wildman–Crippen LogP) is 8.39. The van der Waals surface area contributed by atoms with Gasteiger partial charge in [0.1, 0.15) is 0 Å². The van der Waals surface area contributed by atoms with Gasteiger partial charge in [-0.05, 0) is 65.3 Å². The Morgan fingerprint density at radius 2 is 1.50 bits per heavy atom. The van der Waals surface area contributed by atoms with Crippen LogP contribution in [0.4, 0.5) is 0 Å². The standard InChI is InChI=1S/C28H36/c1-3-22-13-15-24(16-14-22)26-12-10-11-25-19-23(20-27(25)26)21-28(2)17-8-6-4-5-7-9-18-28/h10-16,20H,3-9,17-19,21H2,1-2H3. The van der Waals surface area contributed by atoms with E-state index in [0.29, 0.717) is 5.41 Å². The van der Waals surface area contributed by atoms with Gasteiger partial charge in [0.25, 0.3) is 0 Å². The van der Waals surface area contributed by atoms with E-state index in [9.17, 15) is 0 Å². The molecule has 0 aromatic heterocycles. The summed E-state index contributed by atoms with van der Waals surface area (Å²) in [5.41, 5.74) is 9.36. The van der Waals surface area contributed by atoms with E-state index >= 15 is 0 Å². The second kappa shape index (κ2) is 8.68. The molecule has 2 aromatic carbocycles. The lowest BCUT2D eigenvalue weighted by Gasteiger charge is -2.30. The Balaban J connectivity index is 1.56. The number of aryl methyl sites for hydroxylation is 1. The van der Waals surface area contributed by atoms with Gasteiger partial charge in [-0.2, -0.15) is 0 Å². The summed E-state index contributed by atoms with van der Waals surface area (Å²) < 4.78 is 0. The largest absolute Gasteiger partial charge is 0.0646 e. The summed E-state index contributed by atoms with van der Waals surface area (Å²) in [5.74, 6) is 0. The molecule has 0 N–H and O–H groups in total. The molecule has 0 heteroatoms. The van der Waals surface area contributed by atoms with Crippen LogP contribution in [-0.4, -0.2) is 0 Å². The monoisotopic (exact) mass is 372 g/mol. The molecule has 0 heterocycles. The Hall–Kier alpha value is -1.82. The van der Waals surface area contributed by atoms with Crippen molar-refractivity contribution in [2.75, 3.05) is 0 Å². The minimum atomic E-state index is 0.501. The van der Waals surface area contributed by atoms with Gasteiger partial charge in [0.05, 0.1) is 0 Å². The Kier molecular flexibility index (Phi) is 6.04. The fraction of sp³-hybridized carbons (Fsp3) is 0.500. The summed E-state index contributed by atoms with van der Waals surface area (Å²) in [5, 5.41) is 0. The van der Waals surface area contributed by atoms with Crippen molar-refractivity contribution in [2.24, 2.45) is 5.41 Å². The SMILES string of the molecule is CCc1ccc(-c2cccc3c2C=C(CC2(C)CCCCCCCC2)C3)cc1. The molecule has 0 aliphatic heterocycles. The van der Waals surface area contributed by atoms with Gasteiger partial charge in [-0.1, -0.05) is 106 Å². The van der Waals surface area contributed by atoms with Crippen LogP contribution in [0.5, 0.6) is 0 Å². The number of benzene rings is 2. The molecule has 0 nitrogen and oxygen atoms in total. The molecule has 2 aliphatic carbocycles. The molecule has 0 atom stereocenters. The number of allylic oxidation sites excluding steroid dienone is 1. The van der Waals surface area contributed by atoms with Gasteiger partial charge >= 0.3 is 0 Å². The maximum atomic E-state index is 2.56. The van der Waals surface area contributed by atoms with Crippen molar-refractivity contribution >= 4 is 6.08 Å². The minimum absolute atomic E-state index is 0.501. The second-order valence-electron chi connectivity index (χ2n) is 9.52. The highest BCUT2D eigenvalue weighted by Gasteiger charge is 2.28. The Morgan fingerprint density at radius 3 is 2.18 bits per heavy atom. The molecule has 1 saturated carbocycles. The summed E-state index contributed by atoms with van der Waals surface area (Å²) in [6.45, 7) is 4.79. The van der Waals surface area contributed by atoms with Crippen molar-refractivity contribution in [3.63, 3.8) is 0 Å². The van der Waals surface area contributed by atoms with Crippen LogP contribution in [0.1, 0.15) is 88.3 Å². The molecule has 4 rings (SSSR count). The van der Waals surface area contributed by atoms with Gasteiger partial charge in [-0.15, -0.1) is 0 Å². The fourth-order valence-corrected chi connectivity index (χ4v) is 5.38. The van der Waals surface area contributed by atoms with Crippen molar-refractivity contribution in [1.82, 2.24) is 0 Å². The van der Waals surface area contributed by atoms with Crippen LogP contribution in [-0.2, 0) is 12.8 Å². The Labute approximate surface area is 172 Å². The first kappa shape index (κ1) is 19.5. The van der Waals surface area contributed by atoms with Gasteiger partial charge in [0.15, 0.2) is 0 Å². The van der Waals surface area contributed by atoms with Crippen molar-refractivity contribution in [1.29, 1.82) is 0 Å². The lowest BCUT2D eigenvalue weighted by atomic mass is 9.75. The van der Waals surface area contributed by atoms with E-state index in [2.05, 4.69) is 62.4 Å². The third kappa shape index (κ3) is 4.43. The quantitative estimate of drug-likeness (QED) is 0.505. The number of rotatable bonds is 4. The average molecular weight is 373 g/mol. The smallest absolute Gasteiger partial charge is 0.00574 e. The van der Waals surface area contributed by atoms with Crippen LogP contribution in [0.15, 0.2) is 48.0 Å². The van der Waals surface area contributed by atoms with Crippen molar-refractivity contribution in [2.45, 2.75) is 84.5 Å². The third-order valence-corrected chi connectivity index (χ3v) is 7.10. The maximum absolute atomic E-state index is 2.56. The maximum Gasteiger partial charge on any atom is -0.00574 e. The van der Waals surface area contributed by atoms with Gasteiger partial charge in [-0.3, -0.25) is 0 Å². The topological polar surface area (TPSA) is 0 Å². The van der Waals surface area contributed by atoms with Crippen LogP contribution in [0.25, 0.3) is 17.2 Å². The summed E-state index contributed by atoms with van der Waals surface area (Å²) >= 11 is 0. The normalized spacial score (nSPS) is 19.3. The van der Waals surface area contributed by atoms with E-state index in [4.69, 9.17) is 0 Å². The van der Waals surface area contributed by atoms with Crippen molar-refractivity contribution in [3.8, 4) is 11.1 Å². The van der Waals surface area contributed by atoms with Gasteiger partial charge in [-0.25, -0.2) is 0 Å². The van der Waals surface area contributed by atoms with Crippen LogP contribution in [0.3, 0.4) is 0 Å². The summed E-state index contributed by atoms with van der Waals surface area (Å²) in [6, 6.07) is 16.1. The first-order valence-corrected chi connectivity index (χ1v) is 11.6. The zero-order valence-electron chi connectivity index (χ0n) is 17.9. The average Bonchev–Trinajstić information content (AvgIpc) is 3.15. The first-order valence-electron chi connectivity index (χ1n) is 11.6. The fourth-order valence-electron chi connectivity index (χ4n) is 5.38. The Morgan fingerprint density at radius 1 is 0.821 bits per heavy atom. The molecule has 148 valence electrons. The molecule has 28 heavy (non-hydrogen) atoms. The van der Waals surface area contributed by atoms with Gasteiger partial charge in [0.2, 0.25) is 0 Å². The summed E-state index contributed by atoms with van der Waals surface area (Å²) in [6.07, 6.45) is 17.5. The molecular formula is C28H36. The Bertz CT molecular complexity index is 812. The molecule has 0 amide bonds. The predicted molar refractivity (Wildman–Crippen MR) is 123 cm³/mol. The molecule has 0 bridgehead atoms. The highest BCUT2D eigenvalue weighted by molar-refractivity contribution is 5.80. The highest BCUT2D eigenvalue weighted by atomic mass is 14.3. The zero-order chi connectivity index (χ0) is 19.4. The van der Waals surface area contributed by atoms with Crippen LogP contribution >= 0.6 is 0 Å². The van der Waals surface area contributed by atoms with E-state index in [1.165, 1.54) is 85.6 Å². The molecule has 2 aliphatic rings. The first-order chi connectivity index (χ1) is 13.7. The molecule has 0 unspecified atom stereocenters. The highest BCUT2D eigenvalue weighted by Crippen LogP contribution is 2.43. The minimum Gasteiger partial charge on any atom is -0.0646 e. The van der Waals surface area contributed by atoms with Crippen molar-refractivity contribution < 1.29 is 0 Å². The van der Waals surface area contributed by atoms with Crippen LogP contribution < -0.4 is 0 Å². The van der Waals surface area contributed by atoms with Crippen LogP contribution in [0, 0.1) is 5.41 Å². The molecule has 2 aromatic rings. The molecular weight excluding hydrogens is 336 g/mol. The lowest BCUT2D eigenvalue weighted by Crippen LogP contribution is -2.17. The van der Waals surface area contributed by atoms with Crippen LogP contribution in [0.2, 0.25) is 0 Å². The summed E-state index contributed by atoms with van der Waals surface area (Å²) in [4.78, 5) is 0. The third-order valence-electron chi connectivity index (χ3n) is 7.10. The van der Waals surface area contributed by atoms with E-state index in [1.807, 2.05) is 0 Å². The number of hydrogen-bond donors (Lipinski definition) is 0. The van der Waals surface area contributed by atoms with E-state index in [1.54, 1.807) is 5.57 Å². The molecule has 0 radical (unpaired) electrons. The van der Waals surface area contributed by atoms with E-state index < -0.39 is 0 Å². The van der Waals surface area contributed by atoms with Crippen molar-refractivity contribution in [3.05, 3.63) is 64.7 Å². The number of fused-ring (bicyclic) bond motifs is 1. The summed E-state index contributed by atoms with van der Waals surface area (Å²) in [7, 11) is 0. The van der Waals surface area contributed by atoms with E-state index in [0.717, 1.165) is 12.8 Å². The number of hydrogen-bond acceptors (Lipinski definition) is 0.